The predicted octanol–water partition coefficient (Wildman–Crippen LogP) is 6.45. The summed E-state index contributed by atoms with van der Waals surface area (Å²) in [4.78, 5) is 0. The van der Waals surface area contributed by atoms with Crippen molar-refractivity contribution in [3.05, 3.63) is 82.0 Å². The maximum atomic E-state index is 9.69. The standard InChI is InChI=1S/C23H25NO2S.C2H6/c1-3-22(19-12-15-27-16-19)23(17-4-8-20(25)9-5-17)18-6-10-21(11-7-18)26-14-13-24-2;1-2/h4-12,15-16,24-25H,3,13-14H2,1-2H3;1-2H3/b23-22-;. The fraction of sp³-hybridized carbons (Fsp3) is 0.280. The summed E-state index contributed by atoms with van der Waals surface area (Å²) in [6.45, 7) is 7.65. The van der Waals surface area contributed by atoms with E-state index < -0.39 is 0 Å². The summed E-state index contributed by atoms with van der Waals surface area (Å²) < 4.78 is 5.75. The Bertz CT molecular complexity index is 866. The lowest BCUT2D eigenvalue weighted by atomic mass is 9.89. The predicted molar refractivity (Wildman–Crippen MR) is 126 cm³/mol. The first-order valence-corrected chi connectivity index (χ1v) is 11.1. The van der Waals surface area contributed by atoms with Gasteiger partial charge in [-0.2, -0.15) is 11.3 Å². The van der Waals surface area contributed by atoms with Gasteiger partial charge in [0.05, 0.1) is 0 Å². The van der Waals surface area contributed by atoms with Crippen LogP contribution in [0.2, 0.25) is 0 Å². The van der Waals surface area contributed by atoms with Gasteiger partial charge in [0.1, 0.15) is 18.1 Å². The molecule has 0 bridgehead atoms. The minimum atomic E-state index is 0.278. The van der Waals surface area contributed by atoms with Gasteiger partial charge < -0.3 is 15.2 Å². The summed E-state index contributed by atoms with van der Waals surface area (Å²) in [5.74, 6) is 1.15. The van der Waals surface area contributed by atoms with Crippen LogP contribution in [-0.4, -0.2) is 25.3 Å². The van der Waals surface area contributed by atoms with E-state index in [9.17, 15) is 5.11 Å². The highest BCUT2D eigenvalue weighted by Gasteiger charge is 2.13. The SMILES string of the molecule is CC.CC/C(=C(\c1ccc(O)cc1)c1ccc(OCCNC)cc1)c1ccsc1. The molecule has 0 aliphatic carbocycles. The number of hydrogen-bond acceptors (Lipinski definition) is 4. The number of rotatable bonds is 8. The summed E-state index contributed by atoms with van der Waals surface area (Å²) in [5, 5.41) is 17.1. The van der Waals surface area contributed by atoms with Crippen molar-refractivity contribution in [1.82, 2.24) is 5.32 Å². The number of phenolic OH excluding ortho intramolecular Hbond substituents is 1. The molecule has 0 aliphatic heterocycles. The van der Waals surface area contributed by atoms with E-state index >= 15 is 0 Å². The van der Waals surface area contributed by atoms with Gasteiger partial charge in [-0.1, -0.05) is 45.0 Å². The van der Waals surface area contributed by atoms with Crippen LogP contribution in [0.25, 0.3) is 11.1 Å². The van der Waals surface area contributed by atoms with Crippen LogP contribution in [0, 0.1) is 0 Å². The van der Waals surface area contributed by atoms with Crippen LogP contribution < -0.4 is 10.1 Å². The summed E-state index contributed by atoms with van der Waals surface area (Å²) in [6, 6.07) is 17.9. The van der Waals surface area contributed by atoms with Crippen LogP contribution in [0.4, 0.5) is 0 Å². The van der Waals surface area contributed by atoms with Gasteiger partial charge in [-0.05, 0) is 82.4 Å². The number of hydrogen-bond donors (Lipinski definition) is 2. The molecule has 29 heavy (non-hydrogen) atoms. The van der Waals surface area contributed by atoms with Crippen molar-refractivity contribution in [3.63, 3.8) is 0 Å². The molecule has 0 saturated heterocycles. The quantitative estimate of drug-likeness (QED) is 0.420. The Morgan fingerprint density at radius 3 is 2.07 bits per heavy atom. The Kier molecular flexibility index (Phi) is 9.48. The molecule has 0 amide bonds. The van der Waals surface area contributed by atoms with Crippen molar-refractivity contribution in [1.29, 1.82) is 0 Å². The molecular formula is C25H31NO2S. The lowest BCUT2D eigenvalue weighted by Crippen LogP contribution is -2.15. The zero-order valence-corrected chi connectivity index (χ0v) is 18.6. The number of thiophene rings is 1. The van der Waals surface area contributed by atoms with Crippen molar-refractivity contribution < 1.29 is 9.84 Å². The second-order valence-corrected chi connectivity index (χ2v) is 7.02. The third-order valence-electron chi connectivity index (χ3n) is 4.44. The van der Waals surface area contributed by atoms with Gasteiger partial charge in [-0.25, -0.2) is 0 Å². The van der Waals surface area contributed by atoms with Gasteiger partial charge in [0.25, 0.3) is 0 Å². The zero-order chi connectivity index (χ0) is 21.1. The number of benzene rings is 2. The van der Waals surface area contributed by atoms with E-state index in [1.165, 1.54) is 16.7 Å². The maximum Gasteiger partial charge on any atom is 0.119 e. The van der Waals surface area contributed by atoms with Crippen molar-refractivity contribution in [2.45, 2.75) is 27.2 Å². The molecule has 3 rings (SSSR count). The van der Waals surface area contributed by atoms with E-state index in [2.05, 4.69) is 41.2 Å². The third-order valence-corrected chi connectivity index (χ3v) is 5.13. The molecule has 0 aliphatic rings. The van der Waals surface area contributed by atoms with E-state index in [-0.39, 0.29) is 5.75 Å². The molecule has 2 N–H and O–H groups in total. The normalized spacial score (nSPS) is 11.3. The Morgan fingerprint density at radius 2 is 1.55 bits per heavy atom. The van der Waals surface area contributed by atoms with Crippen molar-refractivity contribution in [2.24, 2.45) is 0 Å². The van der Waals surface area contributed by atoms with Gasteiger partial charge in [0, 0.05) is 6.54 Å². The van der Waals surface area contributed by atoms with Crippen LogP contribution in [0.15, 0.2) is 65.4 Å². The van der Waals surface area contributed by atoms with E-state index in [1.54, 1.807) is 23.5 Å². The highest BCUT2D eigenvalue weighted by molar-refractivity contribution is 7.08. The minimum Gasteiger partial charge on any atom is -0.508 e. The number of phenols is 1. The molecule has 4 heteroatoms. The zero-order valence-electron chi connectivity index (χ0n) is 17.7. The topological polar surface area (TPSA) is 41.5 Å². The Morgan fingerprint density at radius 1 is 0.931 bits per heavy atom. The number of likely N-dealkylation sites (N-methyl/N-ethyl adjacent to an activating group) is 1. The van der Waals surface area contributed by atoms with Crippen LogP contribution >= 0.6 is 11.3 Å². The number of aromatic hydroxyl groups is 1. The molecule has 1 aromatic heterocycles. The molecule has 154 valence electrons. The molecule has 0 atom stereocenters. The molecule has 3 aromatic rings. The molecule has 3 nitrogen and oxygen atoms in total. The maximum absolute atomic E-state index is 9.69. The Hall–Kier alpha value is -2.56. The largest absolute Gasteiger partial charge is 0.508 e. The smallest absolute Gasteiger partial charge is 0.119 e. The van der Waals surface area contributed by atoms with Gasteiger partial charge in [-0.15, -0.1) is 0 Å². The third kappa shape index (κ3) is 6.21. The van der Waals surface area contributed by atoms with Crippen molar-refractivity contribution in [3.8, 4) is 11.5 Å². The average molecular weight is 410 g/mol. The van der Waals surface area contributed by atoms with E-state index in [4.69, 9.17) is 4.74 Å². The van der Waals surface area contributed by atoms with Crippen LogP contribution in [0.3, 0.4) is 0 Å². The first kappa shape index (κ1) is 22.7. The second-order valence-electron chi connectivity index (χ2n) is 6.24. The number of nitrogens with one attached hydrogen (secondary N) is 1. The van der Waals surface area contributed by atoms with Crippen LogP contribution in [0.5, 0.6) is 11.5 Å². The van der Waals surface area contributed by atoms with Crippen molar-refractivity contribution >= 4 is 22.5 Å². The highest BCUT2D eigenvalue weighted by atomic mass is 32.1. The molecule has 0 spiro atoms. The lowest BCUT2D eigenvalue weighted by Gasteiger charge is -2.16. The first-order valence-electron chi connectivity index (χ1n) is 10.2. The molecule has 0 fully saturated rings. The molecular weight excluding hydrogens is 378 g/mol. The van der Waals surface area contributed by atoms with Crippen LogP contribution in [-0.2, 0) is 0 Å². The Labute approximate surface area is 178 Å². The molecule has 0 unspecified atom stereocenters. The second kappa shape index (κ2) is 12.1. The fourth-order valence-corrected chi connectivity index (χ4v) is 3.76. The molecule has 0 saturated carbocycles. The molecule has 1 heterocycles. The summed E-state index contributed by atoms with van der Waals surface area (Å²) in [6.07, 6.45) is 0.924. The van der Waals surface area contributed by atoms with E-state index in [0.29, 0.717) is 6.61 Å². The monoisotopic (exact) mass is 409 g/mol. The van der Waals surface area contributed by atoms with Gasteiger partial charge in [0.2, 0.25) is 0 Å². The van der Waals surface area contributed by atoms with E-state index in [0.717, 1.165) is 29.8 Å². The van der Waals surface area contributed by atoms with Crippen LogP contribution in [0.1, 0.15) is 43.9 Å². The summed E-state index contributed by atoms with van der Waals surface area (Å²) in [5.41, 5.74) is 5.98. The summed E-state index contributed by atoms with van der Waals surface area (Å²) >= 11 is 1.71. The van der Waals surface area contributed by atoms with E-state index in [1.807, 2.05) is 45.2 Å². The van der Waals surface area contributed by atoms with Crippen molar-refractivity contribution in [2.75, 3.05) is 20.2 Å². The lowest BCUT2D eigenvalue weighted by molar-refractivity contribution is 0.318. The summed E-state index contributed by atoms with van der Waals surface area (Å²) in [7, 11) is 1.91. The molecule has 0 radical (unpaired) electrons. The minimum absolute atomic E-state index is 0.278. The first-order chi connectivity index (χ1) is 14.2. The van der Waals surface area contributed by atoms with Gasteiger partial charge in [0.15, 0.2) is 0 Å². The van der Waals surface area contributed by atoms with Gasteiger partial charge >= 0.3 is 0 Å². The number of ether oxygens (including phenoxy) is 1. The highest BCUT2D eigenvalue weighted by Crippen LogP contribution is 2.36. The van der Waals surface area contributed by atoms with Gasteiger partial charge in [-0.3, -0.25) is 0 Å². The Balaban J connectivity index is 0.00000145. The average Bonchev–Trinajstić information content (AvgIpc) is 3.30. The fourth-order valence-electron chi connectivity index (χ4n) is 3.09. The number of allylic oxidation sites excluding steroid dienone is 1. The molecule has 2 aromatic carbocycles.